The maximum absolute atomic E-state index is 12.7. The number of hydrazone groups is 1. The number of benzene rings is 2. The van der Waals surface area contributed by atoms with Gasteiger partial charge in [0.15, 0.2) is 18.1 Å². The molecule has 2 rings (SSSR count). The lowest BCUT2D eigenvalue weighted by Crippen LogP contribution is -2.48. The summed E-state index contributed by atoms with van der Waals surface area (Å²) in [7, 11) is 1.44. The predicted molar refractivity (Wildman–Crippen MR) is 126 cm³/mol. The van der Waals surface area contributed by atoms with Gasteiger partial charge in [-0.3, -0.25) is 14.4 Å². The highest BCUT2D eigenvalue weighted by Gasteiger charge is 2.25. The Hall–Kier alpha value is -3.30. The summed E-state index contributed by atoms with van der Waals surface area (Å²) in [6, 6.07) is 8.53. The van der Waals surface area contributed by atoms with Gasteiger partial charge in [-0.25, -0.2) is 5.43 Å². The third kappa shape index (κ3) is 7.37. The van der Waals surface area contributed by atoms with Crippen LogP contribution in [0.1, 0.15) is 29.8 Å². The molecule has 0 spiro atoms. The highest BCUT2D eigenvalue weighted by Crippen LogP contribution is 2.30. The van der Waals surface area contributed by atoms with E-state index < -0.39 is 23.8 Å². The van der Waals surface area contributed by atoms with E-state index in [1.54, 1.807) is 32.0 Å². The Morgan fingerprint density at radius 1 is 1.15 bits per heavy atom. The molecule has 0 saturated heterocycles. The normalized spacial score (nSPS) is 11.8. The van der Waals surface area contributed by atoms with Gasteiger partial charge in [0.05, 0.1) is 23.4 Å². The molecule has 0 saturated carbocycles. The number of carbonyl (C=O) groups is 3. The third-order valence-corrected chi connectivity index (χ3v) is 5.12. The van der Waals surface area contributed by atoms with Gasteiger partial charge in [-0.2, -0.15) is 5.10 Å². The topological polar surface area (TPSA) is 132 Å². The van der Waals surface area contributed by atoms with Crippen LogP contribution in [0.25, 0.3) is 0 Å². The lowest BCUT2D eigenvalue weighted by molar-refractivity contribution is -0.124. The molecule has 2 aromatic carbocycles. The van der Waals surface area contributed by atoms with Crippen LogP contribution in [0.4, 0.5) is 0 Å². The second-order valence-electron chi connectivity index (χ2n) is 7.19. The molecule has 2 aromatic rings. The van der Waals surface area contributed by atoms with Crippen molar-refractivity contribution in [3.05, 3.63) is 57.6 Å². The average molecular weight is 495 g/mol. The predicted octanol–water partition coefficient (Wildman–Crippen LogP) is 2.77. The number of hydrogen-bond donors (Lipinski definition) is 3. The fourth-order valence-corrected chi connectivity index (χ4v) is 3.02. The molecule has 4 N–H and O–H groups in total. The molecule has 176 valence electrons. The Kier molecular flexibility index (Phi) is 9.50. The zero-order valence-electron chi connectivity index (χ0n) is 18.2. The van der Waals surface area contributed by atoms with E-state index in [4.69, 9.17) is 38.4 Å². The van der Waals surface area contributed by atoms with Crippen LogP contribution < -0.4 is 25.9 Å². The largest absolute Gasteiger partial charge is 0.493 e. The highest BCUT2D eigenvalue weighted by molar-refractivity contribution is 6.42. The van der Waals surface area contributed by atoms with Gasteiger partial charge in [0, 0.05) is 11.1 Å². The standard InChI is InChI=1S/C22H24Cl2N4O5/c1-12(2)19(27-21(30)13-7-8-15(23)16(24)9-13)22(31)28-26-10-14-5-4-6-17(32-3)20(14)33-11-18(25)29/h4-10,12,19H,11H2,1-3H3,(H2,25,29)(H,27,30)(H,28,31). The van der Waals surface area contributed by atoms with Crippen molar-refractivity contribution in [1.82, 2.24) is 10.7 Å². The van der Waals surface area contributed by atoms with Crippen LogP contribution in [-0.2, 0) is 9.59 Å². The Labute approximate surface area is 201 Å². The molecule has 0 fully saturated rings. The Bertz CT molecular complexity index is 1060. The van der Waals surface area contributed by atoms with Crippen molar-refractivity contribution in [3.8, 4) is 11.5 Å². The molecule has 1 unspecified atom stereocenters. The molecule has 11 heteroatoms. The number of methoxy groups -OCH3 is 1. The van der Waals surface area contributed by atoms with Crippen molar-refractivity contribution >= 4 is 47.1 Å². The van der Waals surface area contributed by atoms with E-state index >= 15 is 0 Å². The molecule has 0 radical (unpaired) electrons. The first kappa shape index (κ1) is 26.0. The number of ether oxygens (including phenoxy) is 2. The van der Waals surface area contributed by atoms with Crippen LogP contribution in [0, 0.1) is 5.92 Å². The van der Waals surface area contributed by atoms with E-state index in [1.165, 1.54) is 31.5 Å². The number of nitrogens with one attached hydrogen (secondary N) is 2. The van der Waals surface area contributed by atoms with Crippen LogP contribution >= 0.6 is 23.2 Å². The second kappa shape index (κ2) is 12.1. The van der Waals surface area contributed by atoms with Gasteiger partial charge in [-0.1, -0.05) is 43.1 Å². The fraction of sp³-hybridized carbons (Fsp3) is 0.273. The molecule has 0 aliphatic rings. The molecule has 0 heterocycles. The summed E-state index contributed by atoms with van der Waals surface area (Å²) in [5.41, 5.74) is 8.24. The van der Waals surface area contributed by atoms with E-state index in [2.05, 4.69) is 15.8 Å². The first-order valence-electron chi connectivity index (χ1n) is 9.81. The van der Waals surface area contributed by atoms with Crippen LogP contribution in [0.3, 0.4) is 0 Å². The molecule has 0 aromatic heterocycles. The quantitative estimate of drug-likeness (QED) is 0.345. The fourth-order valence-electron chi connectivity index (χ4n) is 2.72. The molecule has 0 bridgehead atoms. The minimum atomic E-state index is -0.875. The summed E-state index contributed by atoms with van der Waals surface area (Å²) < 4.78 is 10.6. The Morgan fingerprint density at radius 2 is 1.88 bits per heavy atom. The second-order valence-corrected chi connectivity index (χ2v) is 8.01. The summed E-state index contributed by atoms with van der Waals surface area (Å²) >= 11 is 11.8. The highest BCUT2D eigenvalue weighted by atomic mass is 35.5. The lowest BCUT2D eigenvalue weighted by atomic mass is 10.0. The van der Waals surface area contributed by atoms with Crippen molar-refractivity contribution in [2.24, 2.45) is 16.8 Å². The SMILES string of the molecule is COc1cccc(C=NNC(=O)C(NC(=O)c2ccc(Cl)c(Cl)c2)C(C)C)c1OCC(N)=O. The minimum Gasteiger partial charge on any atom is -0.493 e. The molecule has 3 amide bonds. The van der Waals surface area contributed by atoms with Gasteiger partial charge in [-0.05, 0) is 36.2 Å². The number of halogens is 2. The monoisotopic (exact) mass is 494 g/mol. The van der Waals surface area contributed by atoms with Crippen molar-refractivity contribution in [1.29, 1.82) is 0 Å². The lowest BCUT2D eigenvalue weighted by Gasteiger charge is -2.20. The number of primary amides is 1. The van der Waals surface area contributed by atoms with Gasteiger partial charge in [0.1, 0.15) is 6.04 Å². The molecule has 1 atom stereocenters. The summed E-state index contributed by atoms with van der Waals surface area (Å²) in [5, 5.41) is 7.16. The number of para-hydroxylation sites is 1. The third-order valence-electron chi connectivity index (χ3n) is 4.38. The molecular formula is C22H24Cl2N4O5. The van der Waals surface area contributed by atoms with E-state index in [9.17, 15) is 14.4 Å². The Balaban J connectivity index is 2.12. The van der Waals surface area contributed by atoms with Gasteiger partial charge < -0.3 is 20.5 Å². The van der Waals surface area contributed by atoms with E-state index in [1.807, 2.05) is 0 Å². The van der Waals surface area contributed by atoms with Crippen LogP contribution in [0.15, 0.2) is 41.5 Å². The summed E-state index contributed by atoms with van der Waals surface area (Å²) in [6.07, 6.45) is 1.33. The number of carbonyl (C=O) groups excluding carboxylic acids is 3. The molecule has 33 heavy (non-hydrogen) atoms. The van der Waals surface area contributed by atoms with E-state index in [0.29, 0.717) is 16.3 Å². The summed E-state index contributed by atoms with van der Waals surface area (Å²) in [5.74, 6) is -1.31. The molecule has 0 aliphatic carbocycles. The van der Waals surface area contributed by atoms with Gasteiger partial charge in [0.25, 0.3) is 17.7 Å². The number of amides is 3. The van der Waals surface area contributed by atoms with Crippen molar-refractivity contribution in [2.45, 2.75) is 19.9 Å². The first-order chi connectivity index (χ1) is 15.6. The summed E-state index contributed by atoms with van der Waals surface area (Å²) in [6.45, 7) is 3.20. The van der Waals surface area contributed by atoms with Crippen molar-refractivity contribution in [3.63, 3.8) is 0 Å². The van der Waals surface area contributed by atoms with E-state index in [0.717, 1.165) is 0 Å². The smallest absolute Gasteiger partial charge is 0.262 e. The van der Waals surface area contributed by atoms with Crippen LogP contribution in [0.2, 0.25) is 10.0 Å². The zero-order valence-corrected chi connectivity index (χ0v) is 19.7. The average Bonchev–Trinajstić information content (AvgIpc) is 2.77. The van der Waals surface area contributed by atoms with Crippen LogP contribution in [0.5, 0.6) is 11.5 Å². The Morgan fingerprint density at radius 3 is 2.48 bits per heavy atom. The molecule has 9 nitrogen and oxygen atoms in total. The minimum absolute atomic E-state index is 0.229. The van der Waals surface area contributed by atoms with Gasteiger partial charge >= 0.3 is 0 Å². The molecule has 0 aliphatic heterocycles. The maximum atomic E-state index is 12.7. The van der Waals surface area contributed by atoms with Crippen molar-refractivity contribution < 1.29 is 23.9 Å². The van der Waals surface area contributed by atoms with E-state index in [-0.39, 0.29) is 28.9 Å². The summed E-state index contributed by atoms with van der Waals surface area (Å²) in [4.78, 5) is 36.3. The maximum Gasteiger partial charge on any atom is 0.262 e. The molecular weight excluding hydrogens is 471 g/mol. The van der Waals surface area contributed by atoms with Crippen molar-refractivity contribution in [2.75, 3.05) is 13.7 Å². The number of nitrogens with two attached hydrogens (primary N) is 1. The zero-order chi connectivity index (χ0) is 24.5. The first-order valence-corrected chi connectivity index (χ1v) is 10.6. The van der Waals surface area contributed by atoms with Crippen LogP contribution in [-0.4, -0.2) is 43.7 Å². The number of rotatable bonds is 10. The van der Waals surface area contributed by atoms with Gasteiger partial charge in [-0.15, -0.1) is 0 Å². The number of nitrogens with zero attached hydrogens (tertiary/aromatic N) is 1. The number of hydrogen-bond acceptors (Lipinski definition) is 6. The van der Waals surface area contributed by atoms with Gasteiger partial charge in [0.2, 0.25) is 0 Å².